The summed E-state index contributed by atoms with van der Waals surface area (Å²) in [5.41, 5.74) is 13.9. The molecule has 0 aliphatic carbocycles. The van der Waals surface area contributed by atoms with Gasteiger partial charge in [0.2, 0.25) is 0 Å². The monoisotopic (exact) mass is 840 g/mol. The van der Waals surface area contributed by atoms with Gasteiger partial charge < -0.3 is 9.80 Å². The fourth-order valence-corrected chi connectivity index (χ4v) is 9.76. The Morgan fingerprint density at radius 3 is 0.758 bits per heavy atom. The van der Waals surface area contributed by atoms with Crippen LogP contribution in [-0.2, 0) is 0 Å². The molecular formula is C64H44N2. The third-order valence-electron chi connectivity index (χ3n) is 13.0. The van der Waals surface area contributed by atoms with Gasteiger partial charge in [-0.05, 0) is 126 Å². The second kappa shape index (κ2) is 16.8. The highest BCUT2D eigenvalue weighted by molar-refractivity contribution is 6.16. The minimum absolute atomic E-state index is 1.11. The minimum atomic E-state index is 1.11. The van der Waals surface area contributed by atoms with Crippen molar-refractivity contribution in [2.45, 2.75) is 0 Å². The number of hydrogen-bond acceptors (Lipinski definition) is 2. The smallest absolute Gasteiger partial charge is 0.0546 e. The molecule has 0 unspecified atom stereocenters. The van der Waals surface area contributed by atoms with Crippen molar-refractivity contribution in [1.82, 2.24) is 0 Å². The van der Waals surface area contributed by atoms with E-state index in [2.05, 4.69) is 277 Å². The van der Waals surface area contributed by atoms with Gasteiger partial charge in [0.1, 0.15) is 0 Å². The van der Waals surface area contributed by atoms with Crippen LogP contribution in [0, 0.1) is 0 Å². The second-order valence-electron chi connectivity index (χ2n) is 16.9. The summed E-state index contributed by atoms with van der Waals surface area (Å²) in [6, 6.07) is 96.7. The van der Waals surface area contributed by atoms with Crippen LogP contribution in [0.15, 0.2) is 267 Å². The molecule has 0 heterocycles. The number of para-hydroxylation sites is 2. The van der Waals surface area contributed by atoms with Crippen LogP contribution in [0.25, 0.3) is 76.5 Å². The number of anilines is 6. The lowest BCUT2D eigenvalue weighted by atomic mass is 9.97. The zero-order valence-corrected chi connectivity index (χ0v) is 36.3. The Bertz CT molecular complexity index is 3410. The molecule has 0 aliphatic rings. The molecular weight excluding hydrogens is 797 g/mol. The Labute approximate surface area is 385 Å². The summed E-state index contributed by atoms with van der Waals surface area (Å²) in [5.74, 6) is 0. The van der Waals surface area contributed by atoms with Crippen LogP contribution in [0.2, 0.25) is 0 Å². The molecule has 0 saturated heterocycles. The van der Waals surface area contributed by atoms with E-state index in [1.807, 2.05) is 0 Å². The van der Waals surface area contributed by atoms with Crippen molar-refractivity contribution in [3.8, 4) is 33.4 Å². The van der Waals surface area contributed by atoms with E-state index in [1.165, 1.54) is 76.5 Å². The normalized spacial score (nSPS) is 11.3. The third-order valence-corrected chi connectivity index (χ3v) is 13.0. The molecule has 310 valence electrons. The molecule has 12 aromatic rings. The molecule has 0 aromatic heterocycles. The van der Waals surface area contributed by atoms with E-state index in [0.29, 0.717) is 0 Å². The largest absolute Gasteiger partial charge is 0.310 e. The van der Waals surface area contributed by atoms with Gasteiger partial charge in [-0.15, -0.1) is 0 Å². The van der Waals surface area contributed by atoms with Crippen LogP contribution >= 0.6 is 0 Å². The highest BCUT2D eigenvalue weighted by atomic mass is 15.1. The molecule has 2 nitrogen and oxygen atoms in total. The molecule has 0 radical (unpaired) electrons. The summed E-state index contributed by atoms with van der Waals surface area (Å²) in [7, 11) is 0. The molecule has 0 amide bonds. The van der Waals surface area contributed by atoms with E-state index < -0.39 is 0 Å². The van der Waals surface area contributed by atoms with Gasteiger partial charge in [-0.3, -0.25) is 0 Å². The van der Waals surface area contributed by atoms with Gasteiger partial charge >= 0.3 is 0 Å². The molecule has 0 atom stereocenters. The summed E-state index contributed by atoms with van der Waals surface area (Å²) < 4.78 is 0. The lowest BCUT2D eigenvalue weighted by Gasteiger charge is -2.27. The van der Waals surface area contributed by atoms with Gasteiger partial charge in [-0.25, -0.2) is 0 Å². The molecule has 0 N–H and O–H groups in total. The van der Waals surface area contributed by atoms with Crippen LogP contribution in [0.3, 0.4) is 0 Å². The summed E-state index contributed by atoms with van der Waals surface area (Å²) >= 11 is 0. The van der Waals surface area contributed by atoms with Crippen LogP contribution in [0.1, 0.15) is 0 Å². The van der Waals surface area contributed by atoms with Crippen LogP contribution in [-0.4, -0.2) is 0 Å². The van der Waals surface area contributed by atoms with Crippen molar-refractivity contribution in [1.29, 1.82) is 0 Å². The van der Waals surface area contributed by atoms with Gasteiger partial charge in [0.25, 0.3) is 0 Å². The minimum Gasteiger partial charge on any atom is -0.310 e. The van der Waals surface area contributed by atoms with Gasteiger partial charge in [0, 0.05) is 33.5 Å². The van der Waals surface area contributed by atoms with Crippen molar-refractivity contribution in [3.63, 3.8) is 0 Å². The fourth-order valence-electron chi connectivity index (χ4n) is 9.76. The fraction of sp³-hybridized carbons (Fsp3) is 0. The molecule has 2 heteroatoms. The lowest BCUT2D eigenvalue weighted by Crippen LogP contribution is -2.10. The van der Waals surface area contributed by atoms with Crippen molar-refractivity contribution in [3.05, 3.63) is 267 Å². The molecule has 0 saturated carbocycles. The number of hydrogen-bond donors (Lipinski definition) is 0. The Hall–Kier alpha value is -8.72. The average molecular weight is 841 g/mol. The molecule has 0 spiro atoms. The Morgan fingerprint density at radius 1 is 0.182 bits per heavy atom. The molecule has 66 heavy (non-hydrogen) atoms. The number of rotatable bonds is 9. The maximum atomic E-state index is 2.38. The van der Waals surface area contributed by atoms with Crippen LogP contribution < -0.4 is 9.80 Å². The quantitative estimate of drug-likeness (QED) is 0.134. The maximum Gasteiger partial charge on any atom is 0.0546 e. The van der Waals surface area contributed by atoms with Crippen LogP contribution in [0.5, 0.6) is 0 Å². The first-order valence-electron chi connectivity index (χ1n) is 22.7. The predicted octanol–water partition coefficient (Wildman–Crippen LogP) is 18.2. The molecule has 12 aromatic carbocycles. The number of fused-ring (bicyclic) bond motifs is 6. The van der Waals surface area contributed by atoms with Gasteiger partial charge in [-0.1, -0.05) is 206 Å². The number of benzene rings is 12. The Morgan fingerprint density at radius 2 is 0.424 bits per heavy atom. The first-order valence-corrected chi connectivity index (χ1v) is 22.7. The van der Waals surface area contributed by atoms with Crippen molar-refractivity contribution in [2.24, 2.45) is 0 Å². The van der Waals surface area contributed by atoms with Crippen molar-refractivity contribution in [2.75, 3.05) is 9.80 Å². The molecule has 0 aliphatic heterocycles. The zero-order valence-electron chi connectivity index (χ0n) is 36.3. The molecule has 0 bridgehead atoms. The summed E-state index contributed by atoms with van der Waals surface area (Å²) in [6.45, 7) is 0. The highest BCUT2D eigenvalue weighted by Crippen LogP contribution is 2.44. The average Bonchev–Trinajstić information content (AvgIpc) is 3.40. The maximum absolute atomic E-state index is 2.38. The zero-order chi connectivity index (χ0) is 43.8. The Kier molecular flexibility index (Phi) is 9.89. The number of nitrogens with zero attached hydrogens (tertiary/aromatic N) is 2. The van der Waals surface area contributed by atoms with E-state index in [4.69, 9.17) is 0 Å². The second-order valence-corrected chi connectivity index (χ2v) is 16.9. The predicted molar refractivity (Wildman–Crippen MR) is 282 cm³/mol. The van der Waals surface area contributed by atoms with Crippen molar-refractivity contribution >= 4 is 77.2 Å². The first kappa shape index (κ1) is 38.9. The highest BCUT2D eigenvalue weighted by Gasteiger charge is 2.19. The van der Waals surface area contributed by atoms with E-state index >= 15 is 0 Å². The summed E-state index contributed by atoms with van der Waals surface area (Å²) in [4.78, 5) is 4.76. The molecule has 0 fully saturated rings. The summed E-state index contributed by atoms with van der Waals surface area (Å²) in [5, 5.41) is 9.95. The van der Waals surface area contributed by atoms with E-state index in [9.17, 15) is 0 Å². The third kappa shape index (κ3) is 7.12. The van der Waals surface area contributed by atoms with Gasteiger partial charge in [-0.2, -0.15) is 0 Å². The summed E-state index contributed by atoms with van der Waals surface area (Å²) in [6.07, 6.45) is 0. The standard InChI is InChI=1S/C64H44N2/c1-3-17-53(18-4-1)65(63-43-51-15-7-9-21-57(51)59-23-11-13-25-61(59)63)55-39-35-49(36-40-55)47-31-27-45(28-32-47)46-29-33-48(34-30-46)50-37-41-56(42-38-50)66(54-19-5-2-6-20-54)64-44-52-16-8-10-22-58(52)60-24-12-14-26-62(60)64/h1-44H. The van der Waals surface area contributed by atoms with E-state index in [1.54, 1.807) is 0 Å². The molecule has 12 rings (SSSR count). The van der Waals surface area contributed by atoms with E-state index in [-0.39, 0.29) is 0 Å². The first-order chi connectivity index (χ1) is 32.7. The lowest BCUT2D eigenvalue weighted by molar-refractivity contribution is 1.30. The van der Waals surface area contributed by atoms with Gasteiger partial charge in [0.05, 0.1) is 11.4 Å². The Balaban J connectivity index is 0.808. The van der Waals surface area contributed by atoms with Crippen molar-refractivity contribution < 1.29 is 0 Å². The topological polar surface area (TPSA) is 6.48 Å². The van der Waals surface area contributed by atoms with Gasteiger partial charge in [0.15, 0.2) is 0 Å². The SMILES string of the molecule is c1ccc(N(c2ccc(-c3ccc(-c4ccc(-c5ccc(N(c6ccccc6)c6cc7ccccc7c7ccccc67)cc5)cc4)cc3)cc2)c2cc3ccccc3c3ccccc23)cc1. The van der Waals surface area contributed by atoms with Crippen LogP contribution in [0.4, 0.5) is 34.1 Å². The van der Waals surface area contributed by atoms with E-state index in [0.717, 1.165) is 34.1 Å².